The van der Waals surface area contributed by atoms with Gasteiger partial charge in [0, 0.05) is 38.3 Å². The van der Waals surface area contributed by atoms with Gasteiger partial charge in [-0.15, -0.1) is 0 Å². The Labute approximate surface area is 144 Å². The number of nitrogens with one attached hydrogen (secondary N) is 2. The Balaban J connectivity index is 1.48. The number of carbonyl (C=O) groups is 1. The highest BCUT2D eigenvalue weighted by atomic mass is 19.2. The van der Waals surface area contributed by atoms with Crippen LogP contribution in [-0.4, -0.2) is 41.9 Å². The van der Waals surface area contributed by atoms with E-state index < -0.39 is 11.6 Å². The molecule has 1 saturated heterocycles. The van der Waals surface area contributed by atoms with Gasteiger partial charge in [0.15, 0.2) is 11.6 Å². The molecule has 0 spiro atoms. The van der Waals surface area contributed by atoms with Crippen molar-refractivity contribution in [1.82, 2.24) is 20.4 Å². The summed E-state index contributed by atoms with van der Waals surface area (Å²) in [6.45, 7) is 1.80. The molecule has 1 aromatic heterocycles. The fraction of sp³-hybridized carbons (Fsp3) is 0.412. The second kappa shape index (κ2) is 7.60. The van der Waals surface area contributed by atoms with Crippen molar-refractivity contribution in [3.63, 3.8) is 0 Å². The van der Waals surface area contributed by atoms with Gasteiger partial charge in [-0.2, -0.15) is 5.10 Å². The minimum absolute atomic E-state index is 0.0623. The minimum atomic E-state index is -0.960. The molecule has 1 aliphatic heterocycles. The largest absolute Gasteiger partial charge is 0.492 e. The lowest BCUT2D eigenvalue weighted by Crippen LogP contribution is -2.36. The monoisotopic (exact) mass is 350 g/mol. The van der Waals surface area contributed by atoms with Gasteiger partial charge in [0.05, 0.1) is 18.7 Å². The summed E-state index contributed by atoms with van der Waals surface area (Å²) in [5.41, 5.74) is 1.03. The minimum Gasteiger partial charge on any atom is -0.492 e. The summed E-state index contributed by atoms with van der Waals surface area (Å²) < 4.78 is 33.0. The van der Waals surface area contributed by atoms with Crippen molar-refractivity contribution in [3.8, 4) is 5.75 Å². The van der Waals surface area contributed by atoms with E-state index in [1.807, 2.05) is 13.2 Å². The second-order valence-electron chi connectivity index (χ2n) is 6.03. The van der Waals surface area contributed by atoms with Gasteiger partial charge >= 0.3 is 0 Å². The summed E-state index contributed by atoms with van der Waals surface area (Å²) in [5, 5.41) is 10.2. The Kier molecular flexibility index (Phi) is 5.28. The Bertz CT molecular complexity index is 750. The highest BCUT2D eigenvalue weighted by Gasteiger charge is 2.34. The number of carbonyl (C=O) groups excluding carboxylic acids is 1. The first-order valence-corrected chi connectivity index (χ1v) is 8.09. The lowest BCUT2D eigenvalue weighted by molar-refractivity contribution is -0.124. The standard InChI is InChI=1S/C17H20F2N4O2/c1-23-10-11(7-22-23)13-8-20-9-14(13)17(24)21-4-5-25-12-2-3-15(18)16(19)6-12/h2-3,6-7,10,13-14,20H,4-5,8-9H2,1H3,(H,21,24)/t13-,14+/m1/s1. The fourth-order valence-corrected chi connectivity index (χ4v) is 2.98. The van der Waals surface area contributed by atoms with Crippen molar-refractivity contribution in [1.29, 1.82) is 0 Å². The van der Waals surface area contributed by atoms with Crippen LogP contribution in [0.25, 0.3) is 0 Å². The van der Waals surface area contributed by atoms with Gasteiger partial charge in [-0.3, -0.25) is 9.48 Å². The van der Waals surface area contributed by atoms with Gasteiger partial charge in [-0.05, 0) is 17.7 Å². The average molecular weight is 350 g/mol. The van der Waals surface area contributed by atoms with Gasteiger partial charge < -0.3 is 15.4 Å². The molecule has 1 aromatic carbocycles. The molecule has 25 heavy (non-hydrogen) atoms. The third-order valence-corrected chi connectivity index (χ3v) is 4.27. The maximum atomic E-state index is 13.1. The SMILES string of the molecule is Cn1cc([C@H]2CNC[C@@H]2C(=O)NCCOc2ccc(F)c(F)c2)cn1. The van der Waals surface area contributed by atoms with Gasteiger partial charge in [0.2, 0.25) is 5.91 Å². The van der Waals surface area contributed by atoms with E-state index in [1.54, 1.807) is 10.9 Å². The van der Waals surface area contributed by atoms with Crippen LogP contribution >= 0.6 is 0 Å². The summed E-state index contributed by atoms with van der Waals surface area (Å²) in [5.74, 6) is -1.81. The topological polar surface area (TPSA) is 68.2 Å². The number of aromatic nitrogens is 2. The first kappa shape index (κ1) is 17.3. The van der Waals surface area contributed by atoms with E-state index in [-0.39, 0.29) is 36.6 Å². The quantitative estimate of drug-likeness (QED) is 0.768. The summed E-state index contributed by atoms with van der Waals surface area (Å²) in [6, 6.07) is 3.34. The fourth-order valence-electron chi connectivity index (χ4n) is 2.98. The van der Waals surface area contributed by atoms with Crippen molar-refractivity contribution >= 4 is 5.91 Å². The number of benzene rings is 1. The van der Waals surface area contributed by atoms with E-state index in [4.69, 9.17) is 4.74 Å². The Morgan fingerprint density at radius 3 is 2.96 bits per heavy atom. The number of amides is 1. The van der Waals surface area contributed by atoms with Crippen molar-refractivity contribution in [2.24, 2.45) is 13.0 Å². The third-order valence-electron chi connectivity index (χ3n) is 4.27. The first-order chi connectivity index (χ1) is 12.0. The van der Waals surface area contributed by atoms with Crippen molar-refractivity contribution in [3.05, 3.63) is 47.8 Å². The van der Waals surface area contributed by atoms with Gasteiger partial charge in [0.25, 0.3) is 0 Å². The Morgan fingerprint density at radius 1 is 1.40 bits per heavy atom. The van der Waals surface area contributed by atoms with Gasteiger partial charge in [-0.1, -0.05) is 0 Å². The summed E-state index contributed by atoms with van der Waals surface area (Å²) in [4.78, 5) is 12.4. The van der Waals surface area contributed by atoms with Crippen LogP contribution in [0.15, 0.2) is 30.6 Å². The molecule has 0 unspecified atom stereocenters. The van der Waals surface area contributed by atoms with Crippen LogP contribution in [0.1, 0.15) is 11.5 Å². The molecular formula is C17H20F2N4O2. The molecule has 134 valence electrons. The molecule has 0 saturated carbocycles. The number of ether oxygens (including phenoxy) is 1. The van der Waals surface area contributed by atoms with E-state index in [1.165, 1.54) is 6.07 Å². The van der Waals surface area contributed by atoms with Crippen molar-refractivity contribution in [2.45, 2.75) is 5.92 Å². The molecule has 2 aromatic rings. The third kappa shape index (κ3) is 4.14. The molecule has 1 fully saturated rings. The Morgan fingerprint density at radius 2 is 2.24 bits per heavy atom. The number of hydrogen-bond acceptors (Lipinski definition) is 4. The maximum Gasteiger partial charge on any atom is 0.225 e. The Hall–Kier alpha value is -2.48. The molecule has 0 aliphatic carbocycles. The lowest BCUT2D eigenvalue weighted by atomic mass is 9.90. The number of nitrogens with zero attached hydrogens (tertiary/aromatic N) is 2. The molecule has 1 amide bonds. The zero-order chi connectivity index (χ0) is 17.8. The zero-order valence-electron chi connectivity index (χ0n) is 13.8. The molecule has 2 N–H and O–H groups in total. The molecule has 0 radical (unpaired) electrons. The van der Waals surface area contributed by atoms with Crippen LogP contribution < -0.4 is 15.4 Å². The van der Waals surface area contributed by atoms with E-state index in [2.05, 4.69) is 15.7 Å². The summed E-state index contributed by atoms with van der Waals surface area (Å²) >= 11 is 0. The molecule has 8 heteroatoms. The smallest absolute Gasteiger partial charge is 0.225 e. The summed E-state index contributed by atoms with van der Waals surface area (Å²) in [6.07, 6.45) is 3.70. The molecular weight excluding hydrogens is 330 g/mol. The number of aryl methyl sites for hydroxylation is 1. The predicted molar refractivity (Wildman–Crippen MR) is 87.2 cm³/mol. The van der Waals surface area contributed by atoms with Crippen LogP contribution in [0.2, 0.25) is 0 Å². The van der Waals surface area contributed by atoms with Gasteiger partial charge in [0.1, 0.15) is 12.4 Å². The molecule has 2 heterocycles. The van der Waals surface area contributed by atoms with E-state index >= 15 is 0 Å². The average Bonchev–Trinajstić information content (AvgIpc) is 3.23. The maximum absolute atomic E-state index is 13.1. The van der Waals surface area contributed by atoms with E-state index in [0.29, 0.717) is 6.54 Å². The highest BCUT2D eigenvalue weighted by molar-refractivity contribution is 5.80. The lowest BCUT2D eigenvalue weighted by Gasteiger charge is -2.17. The first-order valence-electron chi connectivity index (χ1n) is 8.09. The molecule has 0 bridgehead atoms. The highest BCUT2D eigenvalue weighted by Crippen LogP contribution is 2.27. The molecule has 2 atom stereocenters. The number of rotatable bonds is 6. The van der Waals surface area contributed by atoms with Crippen molar-refractivity contribution in [2.75, 3.05) is 26.2 Å². The van der Waals surface area contributed by atoms with Crippen LogP contribution in [0.4, 0.5) is 8.78 Å². The zero-order valence-corrected chi connectivity index (χ0v) is 13.8. The van der Waals surface area contributed by atoms with Gasteiger partial charge in [-0.25, -0.2) is 8.78 Å². The van der Waals surface area contributed by atoms with Crippen LogP contribution in [0.5, 0.6) is 5.75 Å². The summed E-state index contributed by atoms with van der Waals surface area (Å²) in [7, 11) is 1.84. The number of hydrogen-bond donors (Lipinski definition) is 2. The normalized spacial score (nSPS) is 19.8. The second-order valence-corrected chi connectivity index (χ2v) is 6.03. The van der Waals surface area contributed by atoms with E-state index in [0.717, 1.165) is 24.2 Å². The molecule has 3 rings (SSSR count). The predicted octanol–water partition coefficient (Wildman–Crippen LogP) is 1.20. The van der Waals surface area contributed by atoms with Crippen LogP contribution in [0.3, 0.4) is 0 Å². The van der Waals surface area contributed by atoms with Crippen LogP contribution in [0, 0.1) is 17.6 Å². The molecule has 6 nitrogen and oxygen atoms in total. The number of halogens is 2. The van der Waals surface area contributed by atoms with E-state index in [9.17, 15) is 13.6 Å². The van der Waals surface area contributed by atoms with Crippen LogP contribution in [-0.2, 0) is 11.8 Å². The van der Waals surface area contributed by atoms with Crippen molar-refractivity contribution < 1.29 is 18.3 Å². The molecule has 1 aliphatic rings.